The van der Waals surface area contributed by atoms with Crippen LogP contribution < -0.4 is 10.1 Å². The highest BCUT2D eigenvalue weighted by atomic mass is 35.5. The van der Waals surface area contributed by atoms with Gasteiger partial charge in [0.2, 0.25) is 0 Å². The maximum atomic E-state index is 12.2. The molecular weight excluding hydrogens is 330 g/mol. The van der Waals surface area contributed by atoms with Gasteiger partial charge in [-0.1, -0.05) is 29.8 Å². The number of phenolic OH excluding ortho intramolecular Hbond substituents is 1. The van der Waals surface area contributed by atoms with Gasteiger partial charge in [0.05, 0.1) is 5.69 Å². The number of nitrogens with zero attached hydrogens (tertiary/aromatic N) is 2. The maximum absolute atomic E-state index is 12.2. The first-order chi connectivity index (χ1) is 11.6. The van der Waals surface area contributed by atoms with Crippen molar-refractivity contribution in [2.24, 2.45) is 0 Å². The zero-order chi connectivity index (χ0) is 16.9. The monoisotopic (exact) mass is 343 g/mol. The van der Waals surface area contributed by atoms with Crippen LogP contribution >= 0.6 is 11.6 Å². The molecule has 3 aromatic rings. The van der Waals surface area contributed by atoms with E-state index in [1.807, 2.05) is 30.3 Å². The number of hydrogen-bond acceptors (Lipinski definition) is 4. The van der Waals surface area contributed by atoms with Gasteiger partial charge in [0, 0.05) is 11.2 Å². The van der Waals surface area contributed by atoms with Gasteiger partial charge in [-0.2, -0.15) is 5.10 Å². The second-order valence-electron chi connectivity index (χ2n) is 4.94. The largest absolute Gasteiger partial charge is 0.506 e. The molecule has 0 radical (unpaired) electrons. The van der Waals surface area contributed by atoms with Crippen molar-refractivity contribution < 1.29 is 14.6 Å². The SMILES string of the molecule is O=C(Nc1cc(Cl)ccc1O)c1ccn(COc2ccccc2)n1. The van der Waals surface area contributed by atoms with E-state index in [2.05, 4.69) is 10.4 Å². The molecule has 1 amide bonds. The predicted octanol–water partition coefficient (Wildman–Crippen LogP) is 3.53. The summed E-state index contributed by atoms with van der Waals surface area (Å²) in [5, 5.41) is 16.8. The Kier molecular flexibility index (Phi) is 4.67. The summed E-state index contributed by atoms with van der Waals surface area (Å²) in [4.78, 5) is 12.2. The molecule has 0 fully saturated rings. The molecule has 122 valence electrons. The van der Waals surface area contributed by atoms with Gasteiger partial charge in [-0.25, -0.2) is 4.68 Å². The second-order valence-corrected chi connectivity index (χ2v) is 5.38. The van der Waals surface area contributed by atoms with Crippen molar-refractivity contribution in [2.75, 3.05) is 5.32 Å². The van der Waals surface area contributed by atoms with Crippen LogP contribution in [0.5, 0.6) is 11.5 Å². The first-order valence-electron chi connectivity index (χ1n) is 7.13. The van der Waals surface area contributed by atoms with Gasteiger partial charge < -0.3 is 15.2 Å². The summed E-state index contributed by atoms with van der Waals surface area (Å²) in [6.07, 6.45) is 1.63. The lowest BCUT2D eigenvalue weighted by Gasteiger charge is -2.07. The number of carbonyl (C=O) groups excluding carboxylic acids is 1. The summed E-state index contributed by atoms with van der Waals surface area (Å²) < 4.78 is 7.05. The molecular formula is C17H14ClN3O3. The first-order valence-corrected chi connectivity index (χ1v) is 7.51. The molecule has 1 heterocycles. The van der Waals surface area contributed by atoms with E-state index >= 15 is 0 Å². The normalized spacial score (nSPS) is 10.4. The molecule has 0 spiro atoms. The van der Waals surface area contributed by atoms with Crippen LogP contribution in [0.1, 0.15) is 10.5 Å². The highest BCUT2D eigenvalue weighted by Gasteiger charge is 2.12. The van der Waals surface area contributed by atoms with E-state index in [1.54, 1.807) is 12.3 Å². The number of hydrogen-bond donors (Lipinski definition) is 2. The highest BCUT2D eigenvalue weighted by Crippen LogP contribution is 2.26. The third kappa shape index (κ3) is 3.85. The van der Waals surface area contributed by atoms with Crippen molar-refractivity contribution in [3.8, 4) is 11.5 Å². The number of para-hydroxylation sites is 1. The maximum Gasteiger partial charge on any atom is 0.276 e. The number of phenols is 1. The summed E-state index contributed by atoms with van der Waals surface area (Å²) in [5.41, 5.74) is 0.425. The Balaban J connectivity index is 1.64. The fourth-order valence-electron chi connectivity index (χ4n) is 2.01. The van der Waals surface area contributed by atoms with Gasteiger partial charge in [0.1, 0.15) is 11.5 Å². The summed E-state index contributed by atoms with van der Waals surface area (Å²) in [7, 11) is 0. The van der Waals surface area contributed by atoms with Gasteiger partial charge in [-0.3, -0.25) is 4.79 Å². The molecule has 7 heteroatoms. The third-order valence-corrected chi connectivity index (χ3v) is 3.42. The number of halogens is 1. The molecule has 2 aromatic carbocycles. The van der Waals surface area contributed by atoms with Crippen LogP contribution in [0.3, 0.4) is 0 Å². The minimum atomic E-state index is -0.453. The highest BCUT2D eigenvalue weighted by molar-refractivity contribution is 6.31. The Hall–Kier alpha value is -2.99. The van der Waals surface area contributed by atoms with E-state index in [0.717, 1.165) is 0 Å². The summed E-state index contributed by atoms with van der Waals surface area (Å²) in [6.45, 7) is 0.180. The van der Waals surface area contributed by atoms with Gasteiger partial charge in [-0.15, -0.1) is 0 Å². The Labute approximate surface area is 143 Å². The third-order valence-electron chi connectivity index (χ3n) is 3.19. The van der Waals surface area contributed by atoms with Gasteiger partial charge in [0.25, 0.3) is 5.91 Å². The minimum absolute atomic E-state index is 0.0698. The molecule has 24 heavy (non-hydrogen) atoms. The van der Waals surface area contributed by atoms with Crippen LogP contribution in [0.2, 0.25) is 5.02 Å². The van der Waals surface area contributed by atoms with E-state index in [4.69, 9.17) is 16.3 Å². The van der Waals surface area contributed by atoms with Crippen molar-refractivity contribution in [1.29, 1.82) is 0 Å². The number of nitrogens with one attached hydrogen (secondary N) is 1. The Morgan fingerprint density at radius 1 is 1.21 bits per heavy atom. The molecule has 0 aliphatic carbocycles. The lowest BCUT2D eigenvalue weighted by Crippen LogP contribution is -2.14. The van der Waals surface area contributed by atoms with Crippen LogP contribution in [0.15, 0.2) is 60.8 Å². The Morgan fingerprint density at radius 3 is 2.79 bits per heavy atom. The molecule has 3 rings (SSSR count). The molecule has 0 bridgehead atoms. The number of amides is 1. The quantitative estimate of drug-likeness (QED) is 0.695. The van der Waals surface area contributed by atoms with Crippen LogP contribution in [0.25, 0.3) is 0 Å². The van der Waals surface area contributed by atoms with Crippen LogP contribution in [0.4, 0.5) is 5.69 Å². The van der Waals surface area contributed by atoms with E-state index in [9.17, 15) is 9.90 Å². The molecule has 0 atom stereocenters. The zero-order valence-corrected chi connectivity index (χ0v) is 13.3. The van der Waals surface area contributed by atoms with Crippen molar-refractivity contribution >= 4 is 23.2 Å². The van der Waals surface area contributed by atoms with Crippen molar-refractivity contribution in [3.05, 3.63) is 71.5 Å². The summed E-state index contributed by atoms with van der Waals surface area (Å²) in [5.74, 6) is 0.188. The number of ether oxygens (including phenoxy) is 1. The Bertz CT molecular complexity index is 849. The first kappa shape index (κ1) is 15.9. The van der Waals surface area contributed by atoms with Crippen LogP contribution in [-0.4, -0.2) is 20.8 Å². The number of aromatic hydroxyl groups is 1. The van der Waals surface area contributed by atoms with Crippen LogP contribution in [0, 0.1) is 0 Å². The van der Waals surface area contributed by atoms with E-state index in [1.165, 1.54) is 22.9 Å². The molecule has 2 N–H and O–H groups in total. The van der Waals surface area contributed by atoms with E-state index in [0.29, 0.717) is 10.8 Å². The van der Waals surface area contributed by atoms with E-state index < -0.39 is 5.91 Å². The lowest BCUT2D eigenvalue weighted by atomic mass is 10.3. The number of anilines is 1. The van der Waals surface area contributed by atoms with Crippen LogP contribution in [-0.2, 0) is 6.73 Å². The van der Waals surface area contributed by atoms with Crippen molar-refractivity contribution in [1.82, 2.24) is 9.78 Å². The second kappa shape index (κ2) is 7.06. The topological polar surface area (TPSA) is 76.4 Å². The fraction of sp³-hybridized carbons (Fsp3) is 0.0588. The smallest absolute Gasteiger partial charge is 0.276 e. The zero-order valence-electron chi connectivity index (χ0n) is 12.5. The summed E-state index contributed by atoms with van der Waals surface area (Å²) in [6, 6.07) is 15.3. The number of benzene rings is 2. The fourth-order valence-corrected chi connectivity index (χ4v) is 2.18. The molecule has 1 aromatic heterocycles. The molecule has 0 aliphatic rings. The molecule has 0 aliphatic heterocycles. The lowest BCUT2D eigenvalue weighted by molar-refractivity contribution is 0.102. The standard InChI is InChI=1S/C17H14ClN3O3/c18-12-6-7-16(22)15(10-12)19-17(23)14-8-9-21(20-14)11-24-13-4-2-1-3-5-13/h1-10,22H,11H2,(H,19,23). The summed E-state index contributed by atoms with van der Waals surface area (Å²) >= 11 is 5.85. The van der Waals surface area contributed by atoms with Crippen molar-refractivity contribution in [3.63, 3.8) is 0 Å². The molecule has 0 saturated carbocycles. The molecule has 0 unspecified atom stereocenters. The van der Waals surface area contributed by atoms with Gasteiger partial charge in [0.15, 0.2) is 12.4 Å². The van der Waals surface area contributed by atoms with Gasteiger partial charge in [-0.05, 0) is 36.4 Å². The number of carbonyl (C=O) groups is 1. The average molecular weight is 344 g/mol. The van der Waals surface area contributed by atoms with E-state index in [-0.39, 0.29) is 23.9 Å². The van der Waals surface area contributed by atoms with Gasteiger partial charge >= 0.3 is 0 Å². The molecule has 6 nitrogen and oxygen atoms in total. The number of rotatable bonds is 5. The average Bonchev–Trinajstić information content (AvgIpc) is 3.06. The minimum Gasteiger partial charge on any atom is -0.506 e. The van der Waals surface area contributed by atoms with Crippen molar-refractivity contribution in [2.45, 2.75) is 6.73 Å². The number of aromatic nitrogens is 2. The predicted molar refractivity (Wildman–Crippen MR) is 90.4 cm³/mol. The Morgan fingerprint density at radius 2 is 2.00 bits per heavy atom. The molecule has 0 saturated heterocycles.